The van der Waals surface area contributed by atoms with E-state index >= 15 is 0 Å². The Labute approximate surface area is 102 Å². The normalized spacial score (nSPS) is 10.5. The summed E-state index contributed by atoms with van der Waals surface area (Å²) in [5.74, 6) is -0.477. The van der Waals surface area contributed by atoms with Gasteiger partial charge in [-0.15, -0.1) is 0 Å². The van der Waals surface area contributed by atoms with Crippen LogP contribution in [0.2, 0.25) is 5.02 Å². The average Bonchev–Trinajstić information content (AvgIpc) is 2.29. The molecule has 3 nitrogen and oxygen atoms in total. The van der Waals surface area contributed by atoms with Crippen LogP contribution in [0.1, 0.15) is 5.56 Å². The highest BCUT2D eigenvalue weighted by molar-refractivity contribution is 6.30. The van der Waals surface area contributed by atoms with Crippen molar-refractivity contribution in [3.8, 4) is 0 Å². The second-order valence-electron chi connectivity index (χ2n) is 3.68. The molecule has 88 valence electrons. The van der Waals surface area contributed by atoms with E-state index in [1.54, 1.807) is 12.3 Å². The van der Waals surface area contributed by atoms with Gasteiger partial charge in [-0.2, -0.15) is 0 Å². The van der Waals surface area contributed by atoms with Gasteiger partial charge in [0, 0.05) is 18.0 Å². The van der Waals surface area contributed by atoms with Crippen LogP contribution in [0.3, 0.4) is 0 Å². The summed E-state index contributed by atoms with van der Waals surface area (Å²) >= 11 is 5.66. The van der Waals surface area contributed by atoms with Gasteiger partial charge in [0.2, 0.25) is 0 Å². The molecular formula is C12H10ClFN2O. The summed E-state index contributed by atoms with van der Waals surface area (Å²) in [5.41, 5.74) is 6.66. The summed E-state index contributed by atoms with van der Waals surface area (Å²) in [6, 6.07) is 7.27. The smallest absolute Gasteiger partial charge is 0.250 e. The highest BCUT2D eigenvalue weighted by atomic mass is 35.5. The van der Waals surface area contributed by atoms with Crippen molar-refractivity contribution in [1.82, 2.24) is 4.57 Å². The number of anilines is 1. The molecule has 2 aromatic rings. The van der Waals surface area contributed by atoms with Gasteiger partial charge in [0.1, 0.15) is 5.82 Å². The summed E-state index contributed by atoms with van der Waals surface area (Å²) in [6.07, 6.45) is 1.54. The van der Waals surface area contributed by atoms with E-state index in [2.05, 4.69) is 0 Å². The standard InChI is InChI=1S/C12H10ClFN2O/c13-10-5-8(1-3-11(10)14)6-16-7-9(15)2-4-12(16)17/h1-5,7H,6,15H2. The predicted octanol–water partition coefficient (Wildman–Crippen LogP) is 2.27. The monoisotopic (exact) mass is 252 g/mol. The fourth-order valence-corrected chi connectivity index (χ4v) is 1.71. The van der Waals surface area contributed by atoms with Crippen LogP contribution in [0.25, 0.3) is 0 Å². The number of aromatic nitrogens is 1. The topological polar surface area (TPSA) is 48.0 Å². The van der Waals surface area contributed by atoms with E-state index in [1.807, 2.05) is 0 Å². The first-order valence-electron chi connectivity index (χ1n) is 4.96. The first kappa shape index (κ1) is 11.7. The van der Waals surface area contributed by atoms with Crippen molar-refractivity contribution in [2.45, 2.75) is 6.54 Å². The van der Waals surface area contributed by atoms with E-state index in [0.29, 0.717) is 12.2 Å². The fourth-order valence-electron chi connectivity index (χ4n) is 1.51. The molecular weight excluding hydrogens is 243 g/mol. The Bertz CT molecular complexity index is 610. The van der Waals surface area contributed by atoms with E-state index in [1.165, 1.54) is 28.8 Å². The number of pyridine rings is 1. The SMILES string of the molecule is Nc1ccc(=O)n(Cc2ccc(F)c(Cl)c2)c1. The van der Waals surface area contributed by atoms with Crippen molar-refractivity contribution < 1.29 is 4.39 Å². The van der Waals surface area contributed by atoms with Crippen molar-refractivity contribution in [1.29, 1.82) is 0 Å². The molecule has 2 N–H and O–H groups in total. The van der Waals surface area contributed by atoms with Crippen LogP contribution in [-0.2, 0) is 6.54 Å². The van der Waals surface area contributed by atoms with E-state index in [9.17, 15) is 9.18 Å². The van der Waals surface area contributed by atoms with Crippen molar-refractivity contribution in [3.05, 3.63) is 63.3 Å². The zero-order valence-corrected chi connectivity index (χ0v) is 9.62. The minimum absolute atomic E-state index is 0.0412. The maximum Gasteiger partial charge on any atom is 0.250 e. The van der Waals surface area contributed by atoms with Gasteiger partial charge >= 0.3 is 0 Å². The number of benzene rings is 1. The second-order valence-corrected chi connectivity index (χ2v) is 4.08. The molecule has 2 rings (SSSR count). The first-order chi connectivity index (χ1) is 8.06. The molecule has 0 radical (unpaired) electrons. The summed E-state index contributed by atoms with van der Waals surface area (Å²) in [7, 11) is 0. The lowest BCUT2D eigenvalue weighted by atomic mass is 10.2. The van der Waals surface area contributed by atoms with Crippen LogP contribution in [0, 0.1) is 5.82 Å². The van der Waals surface area contributed by atoms with Gasteiger partial charge in [-0.05, 0) is 23.8 Å². The molecule has 0 bridgehead atoms. The lowest BCUT2D eigenvalue weighted by molar-refractivity contribution is 0.626. The number of nitrogen functional groups attached to an aromatic ring is 1. The zero-order valence-electron chi connectivity index (χ0n) is 8.86. The average molecular weight is 253 g/mol. The Morgan fingerprint density at radius 3 is 2.76 bits per heavy atom. The minimum Gasteiger partial charge on any atom is -0.398 e. The third-order valence-electron chi connectivity index (χ3n) is 2.34. The van der Waals surface area contributed by atoms with Gasteiger partial charge in [0.15, 0.2) is 0 Å². The molecule has 0 aliphatic carbocycles. The van der Waals surface area contributed by atoms with E-state index < -0.39 is 5.82 Å². The van der Waals surface area contributed by atoms with Crippen LogP contribution in [0.15, 0.2) is 41.3 Å². The number of hydrogen-bond acceptors (Lipinski definition) is 2. The molecule has 17 heavy (non-hydrogen) atoms. The Balaban J connectivity index is 2.34. The lowest BCUT2D eigenvalue weighted by Crippen LogP contribution is -2.19. The molecule has 0 atom stereocenters. The first-order valence-corrected chi connectivity index (χ1v) is 5.34. The molecule has 0 aliphatic rings. The van der Waals surface area contributed by atoms with Crippen molar-refractivity contribution in [2.24, 2.45) is 0 Å². The zero-order chi connectivity index (χ0) is 12.4. The van der Waals surface area contributed by atoms with Gasteiger partial charge in [-0.25, -0.2) is 4.39 Å². The maximum atomic E-state index is 13.0. The summed E-state index contributed by atoms with van der Waals surface area (Å²) < 4.78 is 14.4. The number of nitrogens with two attached hydrogens (primary N) is 1. The van der Waals surface area contributed by atoms with E-state index in [4.69, 9.17) is 17.3 Å². The highest BCUT2D eigenvalue weighted by Crippen LogP contribution is 2.16. The number of nitrogens with zero attached hydrogens (tertiary/aromatic N) is 1. The van der Waals surface area contributed by atoms with Crippen LogP contribution >= 0.6 is 11.6 Å². The summed E-state index contributed by atoms with van der Waals surface area (Å²) in [5, 5.41) is 0.0412. The van der Waals surface area contributed by atoms with Crippen LogP contribution < -0.4 is 11.3 Å². The van der Waals surface area contributed by atoms with Crippen molar-refractivity contribution in [2.75, 3.05) is 5.73 Å². The van der Waals surface area contributed by atoms with E-state index in [-0.39, 0.29) is 10.6 Å². The molecule has 1 aromatic heterocycles. The van der Waals surface area contributed by atoms with Gasteiger partial charge in [-0.3, -0.25) is 4.79 Å². The molecule has 5 heteroatoms. The number of rotatable bonds is 2. The molecule has 1 aromatic carbocycles. The molecule has 0 spiro atoms. The van der Waals surface area contributed by atoms with Crippen LogP contribution in [-0.4, -0.2) is 4.57 Å². The fraction of sp³-hybridized carbons (Fsp3) is 0.0833. The third kappa shape index (κ3) is 2.65. The summed E-state index contributed by atoms with van der Waals surface area (Å²) in [6.45, 7) is 0.309. The third-order valence-corrected chi connectivity index (χ3v) is 2.63. The Morgan fingerprint density at radius 1 is 1.29 bits per heavy atom. The highest BCUT2D eigenvalue weighted by Gasteiger charge is 2.03. The van der Waals surface area contributed by atoms with Crippen LogP contribution in [0.4, 0.5) is 10.1 Å². The molecule has 1 heterocycles. The van der Waals surface area contributed by atoms with Gasteiger partial charge < -0.3 is 10.3 Å². The summed E-state index contributed by atoms with van der Waals surface area (Å²) in [4.78, 5) is 11.5. The maximum absolute atomic E-state index is 13.0. The largest absolute Gasteiger partial charge is 0.398 e. The second kappa shape index (κ2) is 4.59. The molecule has 0 unspecified atom stereocenters. The molecule has 0 amide bonds. The minimum atomic E-state index is -0.477. The molecule has 0 aliphatic heterocycles. The molecule has 0 saturated carbocycles. The molecule has 0 fully saturated rings. The van der Waals surface area contributed by atoms with E-state index in [0.717, 1.165) is 5.56 Å². The van der Waals surface area contributed by atoms with Crippen LogP contribution in [0.5, 0.6) is 0 Å². The van der Waals surface area contributed by atoms with Crippen molar-refractivity contribution in [3.63, 3.8) is 0 Å². The predicted molar refractivity (Wildman–Crippen MR) is 65.6 cm³/mol. The number of halogens is 2. The molecule has 0 saturated heterocycles. The van der Waals surface area contributed by atoms with Gasteiger partial charge in [0.05, 0.1) is 11.6 Å². The van der Waals surface area contributed by atoms with Gasteiger partial charge in [0.25, 0.3) is 5.56 Å². The Kier molecular flexibility index (Phi) is 3.15. The lowest BCUT2D eigenvalue weighted by Gasteiger charge is -2.07. The Hall–Kier alpha value is -1.81. The van der Waals surface area contributed by atoms with Crippen molar-refractivity contribution >= 4 is 17.3 Å². The number of hydrogen-bond donors (Lipinski definition) is 1. The van der Waals surface area contributed by atoms with Gasteiger partial charge in [-0.1, -0.05) is 17.7 Å². The Morgan fingerprint density at radius 2 is 2.06 bits per heavy atom. The quantitative estimate of drug-likeness (QED) is 0.891.